The Labute approximate surface area is 178 Å². The summed E-state index contributed by atoms with van der Waals surface area (Å²) in [5.41, 5.74) is 5.64. The molecule has 1 heterocycles. The van der Waals surface area contributed by atoms with Crippen molar-refractivity contribution in [3.8, 4) is 11.4 Å². The number of hydrogen-bond donors (Lipinski definition) is 1. The highest BCUT2D eigenvalue weighted by Crippen LogP contribution is 2.41. The molecule has 1 aliphatic carbocycles. The molecule has 1 amide bonds. The molecule has 1 atom stereocenters. The first-order chi connectivity index (χ1) is 14.3. The molecule has 5 heteroatoms. The summed E-state index contributed by atoms with van der Waals surface area (Å²) in [6, 6.07) is 16.0. The molecule has 0 saturated heterocycles. The van der Waals surface area contributed by atoms with Crippen molar-refractivity contribution in [1.82, 2.24) is 15.1 Å². The van der Waals surface area contributed by atoms with Crippen LogP contribution >= 0.6 is 0 Å². The van der Waals surface area contributed by atoms with E-state index < -0.39 is 0 Å². The van der Waals surface area contributed by atoms with E-state index in [-0.39, 0.29) is 17.4 Å². The number of methoxy groups -OCH3 is 1. The second-order valence-electron chi connectivity index (χ2n) is 8.98. The van der Waals surface area contributed by atoms with Gasteiger partial charge < -0.3 is 10.1 Å². The van der Waals surface area contributed by atoms with Gasteiger partial charge in [-0.05, 0) is 55.0 Å². The van der Waals surface area contributed by atoms with Gasteiger partial charge in [0, 0.05) is 5.56 Å². The molecule has 0 aliphatic heterocycles. The zero-order valence-corrected chi connectivity index (χ0v) is 18.1. The Morgan fingerprint density at radius 3 is 2.53 bits per heavy atom. The number of aryl methyl sites for hydroxylation is 1. The zero-order valence-electron chi connectivity index (χ0n) is 18.1. The van der Waals surface area contributed by atoms with E-state index in [9.17, 15) is 4.79 Å². The number of benzene rings is 2. The smallest absolute Gasteiger partial charge is 0.224 e. The van der Waals surface area contributed by atoms with Crippen LogP contribution in [0.25, 0.3) is 5.69 Å². The molecule has 2 aromatic carbocycles. The first kappa shape index (κ1) is 20.2. The Morgan fingerprint density at radius 1 is 1.17 bits per heavy atom. The van der Waals surface area contributed by atoms with Crippen LogP contribution in [-0.4, -0.2) is 22.8 Å². The summed E-state index contributed by atoms with van der Waals surface area (Å²) in [4.78, 5) is 12.8. The molecule has 1 aromatic heterocycles. The second kappa shape index (κ2) is 7.98. The maximum Gasteiger partial charge on any atom is 0.224 e. The van der Waals surface area contributed by atoms with Crippen LogP contribution in [0.1, 0.15) is 48.7 Å². The van der Waals surface area contributed by atoms with Gasteiger partial charge in [0.25, 0.3) is 0 Å². The molecule has 3 aromatic rings. The number of carbonyl (C=O) groups excluding carboxylic acids is 1. The maximum absolute atomic E-state index is 12.8. The number of fused-ring (bicyclic) bond motifs is 1. The highest BCUT2D eigenvalue weighted by Gasteiger charge is 2.36. The standard InChI is InChI=1S/C25H29N3O2/c1-17-5-9-19(10-6-17)28-23-15-25(2,3)14-22(21(23)16-26-28)27-24(29)13-18-7-11-20(30-4)12-8-18/h5-12,16,22H,13-15H2,1-4H3,(H,27,29). The fourth-order valence-electron chi connectivity index (χ4n) is 4.25. The van der Waals surface area contributed by atoms with Crippen molar-refractivity contribution in [2.24, 2.45) is 5.41 Å². The summed E-state index contributed by atoms with van der Waals surface area (Å²) in [5, 5.41) is 7.93. The summed E-state index contributed by atoms with van der Waals surface area (Å²) >= 11 is 0. The number of ether oxygens (including phenoxy) is 1. The Bertz CT molecular complexity index is 1030. The molecular weight excluding hydrogens is 374 g/mol. The van der Waals surface area contributed by atoms with Gasteiger partial charge in [-0.25, -0.2) is 4.68 Å². The number of nitrogens with zero attached hydrogens (tertiary/aromatic N) is 2. The number of nitrogens with one attached hydrogen (secondary N) is 1. The molecule has 1 unspecified atom stereocenters. The fourth-order valence-corrected chi connectivity index (χ4v) is 4.25. The third-order valence-electron chi connectivity index (χ3n) is 5.82. The first-order valence-corrected chi connectivity index (χ1v) is 10.4. The summed E-state index contributed by atoms with van der Waals surface area (Å²) in [7, 11) is 1.64. The lowest BCUT2D eigenvalue weighted by Gasteiger charge is -2.36. The van der Waals surface area contributed by atoms with Crippen LogP contribution in [0, 0.1) is 12.3 Å². The van der Waals surface area contributed by atoms with E-state index in [1.807, 2.05) is 35.1 Å². The van der Waals surface area contributed by atoms with Crippen molar-refractivity contribution in [1.29, 1.82) is 0 Å². The average molecular weight is 404 g/mol. The molecule has 0 spiro atoms. The van der Waals surface area contributed by atoms with Crippen LogP contribution in [-0.2, 0) is 17.6 Å². The molecule has 0 fully saturated rings. The lowest BCUT2D eigenvalue weighted by Crippen LogP contribution is -2.37. The van der Waals surface area contributed by atoms with Gasteiger partial charge in [-0.2, -0.15) is 5.10 Å². The molecule has 0 bridgehead atoms. The van der Waals surface area contributed by atoms with Crippen LogP contribution < -0.4 is 10.1 Å². The molecular formula is C25H29N3O2. The van der Waals surface area contributed by atoms with Gasteiger partial charge in [-0.1, -0.05) is 43.7 Å². The van der Waals surface area contributed by atoms with Crippen LogP contribution in [0.15, 0.2) is 54.7 Å². The monoisotopic (exact) mass is 403 g/mol. The van der Waals surface area contributed by atoms with Crippen molar-refractivity contribution in [3.63, 3.8) is 0 Å². The van der Waals surface area contributed by atoms with Gasteiger partial charge in [0.1, 0.15) is 5.75 Å². The Balaban J connectivity index is 1.56. The largest absolute Gasteiger partial charge is 0.497 e. The van der Waals surface area contributed by atoms with Gasteiger partial charge in [0.15, 0.2) is 0 Å². The van der Waals surface area contributed by atoms with Gasteiger partial charge in [-0.3, -0.25) is 4.79 Å². The fraction of sp³-hybridized carbons (Fsp3) is 0.360. The van der Waals surface area contributed by atoms with Crippen LogP contribution in [0.5, 0.6) is 5.75 Å². The molecule has 5 nitrogen and oxygen atoms in total. The molecule has 0 saturated carbocycles. The number of rotatable bonds is 5. The minimum atomic E-state index is -0.0336. The van der Waals surface area contributed by atoms with Crippen molar-refractivity contribution in [2.45, 2.75) is 46.1 Å². The normalized spacial score (nSPS) is 17.3. The van der Waals surface area contributed by atoms with E-state index in [0.29, 0.717) is 6.42 Å². The van der Waals surface area contributed by atoms with Crippen molar-refractivity contribution in [3.05, 3.63) is 77.1 Å². The van der Waals surface area contributed by atoms with Crippen LogP contribution in [0.4, 0.5) is 0 Å². The Hall–Kier alpha value is -3.08. The lowest BCUT2D eigenvalue weighted by molar-refractivity contribution is -0.121. The van der Waals surface area contributed by atoms with Crippen molar-refractivity contribution in [2.75, 3.05) is 7.11 Å². The first-order valence-electron chi connectivity index (χ1n) is 10.4. The third-order valence-corrected chi connectivity index (χ3v) is 5.82. The van der Waals surface area contributed by atoms with Crippen LogP contribution in [0.2, 0.25) is 0 Å². The third kappa shape index (κ3) is 4.25. The number of hydrogen-bond acceptors (Lipinski definition) is 3. The number of carbonyl (C=O) groups is 1. The van der Waals surface area contributed by atoms with Gasteiger partial charge in [-0.15, -0.1) is 0 Å². The predicted molar refractivity (Wildman–Crippen MR) is 118 cm³/mol. The van der Waals surface area contributed by atoms with Crippen molar-refractivity contribution >= 4 is 5.91 Å². The molecule has 0 radical (unpaired) electrons. The predicted octanol–water partition coefficient (Wildman–Crippen LogP) is 4.56. The van der Waals surface area contributed by atoms with E-state index in [4.69, 9.17) is 4.74 Å². The van der Waals surface area contributed by atoms with E-state index in [1.165, 1.54) is 11.3 Å². The summed E-state index contributed by atoms with van der Waals surface area (Å²) in [5.74, 6) is 0.818. The summed E-state index contributed by atoms with van der Waals surface area (Å²) < 4.78 is 7.22. The zero-order chi connectivity index (χ0) is 21.3. The molecule has 156 valence electrons. The van der Waals surface area contributed by atoms with E-state index >= 15 is 0 Å². The number of aromatic nitrogens is 2. The SMILES string of the molecule is COc1ccc(CC(=O)NC2CC(C)(C)Cc3c2cnn3-c2ccc(C)cc2)cc1. The summed E-state index contributed by atoms with van der Waals surface area (Å²) in [6.07, 6.45) is 4.10. The van der Waals surface area contributed by atoms with Crippen LogP contribution in [0.3, 0.4) is 0 Å². The summed E-state index contributed by atoms with van der Waals surface area (Å²) in [6.45, 7) is 6.59. The van der Waals surface area contributed by atoms with E-state index in [0.717, 1.165) is 35.4 Å². The maximum atomic E-state index is 12.8. The number of amides is 1. The lowest BCUT2D eigenvalue weighted by atomic mass is 9.74. The average Bonchev–Trinajstić information content (AvgIpc) is 3.12. The van der Waals surface area contributed by atoms with Crippen molar-refractivity contribution < 1.29 is 9.53 Å². The van der Waals surface area contributed by atoms with Gasteiger partial charge in [0.2, 0.25) is 5.91 Å². The Morgan fingerprint density at radius 2 is 1.87 bits per heavy atom. The minimum Gasteiger partial charge on any atom is -0.497 e. The Kier molecular flexibility index (Phi) is 5.37. The highest BCUT2D eigenvalue weighted by atomic mass is 16.5. The van der Waals surface area contributed by atoms with Gasteiger partial charge >= 0.3 is 0 Å². The topological polar surface area (TPSA) is 56.1 Å². The molecule has 1 aliphatic rings. The van der Waals surface area contributed by atoms with E-state index in [2.05, 4.69) is 55.5 Å². The van der Waals surface area contributed by atoms with Gasteiger partial charge in [0.05, 0.1) is 37.2 Å². The van der Waals surface area contributed by atoms with E-state index in [1.54, 1.807) is 7.11 Å². The highest BCUT2D eigenvalue weighted by molar-refractivity contribution is 5.79. The molecule has 1 N–H and O–H groups in total. The molecule has 30 heavy (non-hydrogen) atoms. The second-order valence-corrected chi connectivity index (χ2v) is 8.98. The quantitative estimate of drug-likeness (QED) is 0.679. The minimum absolute atomic E-state index is 0.0249. The molecule has 4 rings (SSSR count).